The summed E-state index contributed by atoms with van der Waals surface area (Å²) in [4.78, 5) is 31.7. The number of rotatable bonds is 5. The Morgan fingerprint density at radius 3 is 2.15 bits per heavy atom. The molecule has 0 saturated carbocycles. The van der Waals surface area contributed by atoms with Crippen LogP contribution in [0.25, 0.3) is 0 Å². The van der Waals surface area contributed by atoms with Crippen LogP contribution < -0.4 is 14.4 Å². The molecular weight excluding hydrogens is 425 g/mol. The summed E-state index contributed by atoms with van der Waals surface area (Å²) in [5.41, 5.74) is 1.13. The first-order valence-corrected chi connectivity index (χ1v) is 11.3. The predicted molar refractivity (Wildman–Crippen MR) is 123 cm³/mol. The molecule has 2 saturated heterocycles. The van der Waals surface area contributed by atoms with Gasteiger partial charge in [0.25, 0.3) is 5.91 Å². The minimum absolute atomic E-state index is 0.0691. The fourth-order valence-electron chi connectivity index (χ4n) is 4.62. The van der Waals surface area contributed by atoms with Gasteiger partial charge in [0.2, 0.25) is 5.91 Å². The molecule has 2 heterocycles. The van der Waals surface area contributed by atoms with Crippen LogP contribution in [-0.4, -0.2) is 75.1 Å². The van der Waals surface area contributed by atoms with Crippen LogP contribution >= 0.6 is 0 Å². The summed E-state index contributed by atoms with van der Waals surface area (Å²) in [6.45, 7) is 3.47. The van der Waals surface area contributed by atoms with Gasteiger partial charge < -0.3 is 24.2 Å². The van der Waals surface area contributed by atoms with Crippen molar-refractivity contribution < 1.29 is 23.5 Å². The van der Waals surface area contributed by atoms with E-state index in [-0.39, 0.29) is 23.5 Å². The Morgan fingerprint density at radius 2 is 1.52 bits per heavy atom. The number of likely N-dealkylation sites (tertiary alicyclic amines) is 1. The highest BCUT2D eigenvalue weighted by atomic mass is 19.1. The first kappa shape index (κ1) is 22.9. The van der Waals surface area contributed by atoms with E-state index < -0.39 is 0 Å². The maximum Gasteiger partial charge on any atom is 0.253 e. The number of hydrogen-bond acceptors (Lipinski definition) is 5. The zero-order valence-corrected chi connectivity index (χ0v) is 19.1. The van der Waals surface area contributed by atoms with Gasteiger partial charge in [-0.15, -0.1) is 0 Å². The fourth-order valence-corrected chi connectivity index (χ4v) is 4.62. The molecule has 0 aromatic heterocycles. The van der Waals surface area contributed by atoms with E-state index in [0.29, 0.717) is 74.9 Å². The molecule has 0 atom stereocenters. The summed E-state index contributed by atoms with van der Waals surface area (Å²) in [7, 11) is 3.10. The smallest absolute Gasteiger partial charge is 0.253 e. The van der Waals surface area contributed by atoms with Gasteiger partial charge in [-0.2, -0.15) is 0 Å². The third-order valence-electron chi connectivity index (χ3n) is 6.55. The van der Waals surface area contributed by atoms with Crippen molar-refractivity contribution in [3.63, 3.8) is 0 Å². The second kappa shape index (κ2) is 10.1. The first-order valence-electron chi connectivity index (χ1n) is 11.3. The molecule has 2 amide bonds. The van der Waals surface area contributed by atoms with E-state index in [1.54, 1.807) is 49.5 Å². The van der Waals surface area contributed by atoms with Crippen LogP contribution in [0.1, 0.15) is 23.2 Å². The second-order valence-corrected chi connectivity index (χ2v) is 8.40. The molecule has 33 heavy (non-hydrogen) atoms. The molecule has 0 unspecified atom stereocenters. The lowest BCUT2D eigenvalue weighted by Crippen LogP contribution is -2.52. The summed E-state index contributed by atoms with van der Waals surface area (Å²) < 4.78 is 24.6. The number of ether oxygens (including phenoxy) is 2. The van der Waals surface area contributed by atoms with Crippen molar-refractivity contribution in [2.75, 3.05) is 58.4 Å². The standard InChI is InChI=1S/C25H30FN3O4/c1-32-22-8-7-19(17-23(22)33-2)25(31)28-11-9-18(10-12-28)24(30)29-15-13-27(14-16-29)21-6-4-3-5-20(21)26/h3-8,17-18H,9-16H2,1-2H3. The van der Waals surface area contributed by atoms with Crippen LogP contribution in [0.5, 0.6) is 11.5 Å². The lowest BCUT2D eigenvalue weighted by Gasteiger charge is -2.39. The summed E-state index contributed by atoms with van der Waals surface area (Å²) in [6, 6.07) is 11.9. The maximum atomic E-state index is 14.1. The quantitative estimate of drug-likeness (QED) is 0.694. The Morgan fingerprint density at radius 1 is 0.848 bits per heavy atom. The number of methoxy groups -OCH3 is 2. The van der Waals surface area contributed by atoms with E-state index >= 15 is 0 Å². The molecule has 176 valence electrons. The van der Waals surface area contributed by atoms with Crippen LogP contribution in [0.15, 0.2) is 42.5 Å². The highest BCUT2D eigenvalue weighted by Gasteiger charge is 2.32. The Bertz CT molecular complexity index is 999. The minimum atomic E-state index is -0.233. The zero-order valence-electron chi connectivity index (χ0n) is 19.1. The largest absolute Gasteiger partial charge is 0.493 e. The van der Waals surface area contributed by atoms with Crippen molar-refractivity contribution in [2.24, 2.45) is 5.92 Å². The van der Waals surface area contributed by atoms with E-state index in [1.807, 2.05) is 15.9 Å². The van der Waals surface area contributed by atoms with Crippen molar-refractivity contribution in [2.45, 2.75) is 12.8 Å². The van der Waals surface area contributed by atoms with Crippen molar-refractivity contribution in [1.82, 2.24) is 9.80 Å². The summed E-state index contributed by atoms with van der Waals surface area (Å²) in [5.74, 6) is 0.849. The minimum Gasteiger partial charge on any atom is -0.493 e. The Hall–Kier alpha value is -3.29. The summed E-state index contributed by atoms with van der Waals surface area (Å²) >= 11 is 0. The van der Waals surface area contributed by atoms with Crippen molar-refractivity contribution in [1.29, 1.82) is 0 Å². The van der Waals surface area contributed by atoms with Crippen molar-refractivity contribution >= 4 is 17.5 Å². The monoisotopic (exact) mass is 455 g/mol. The van der Waals surface area contributed by atoms with Gasteiger partial charge >= 0.3 is 0 Å². The van der Waals surface area contributed by atoms with Crippen molar-refractivity contribution in [3.8, 4) is 11.5 Å². The lowest BCUT2D eigenvalue weighted by molar-refractivity contribution is -0.137. The molecular formula is C25H30FN3O4. The fraction of sp³-hybridized carbons (Fsp3) is 0.440. The lowest BCUT2D eigenvalue weighted by atomic mass is 9.94. The van der Waals surface area contributed by atoms with Gasteiger partial charge in [-0.1, -0.05) is 12.1 Å². The number of hydrogen-bond donors (Lipinski definition) is 0. The number of para-hydroxylation sites is 1. The molecule has 2 aromatic rings. The number of piperazine rings is 1. The Balaban J connectivity index is 1.30. The first-order chi connectivity index (χ1) is 16.0. The average molecular weight is 456 g/mol. The zero-order chi connectivity index (χ0) is 23.4. The van der Waals surface area contributed by atoms with Crippen LogP contribution in [0, 0.1) is 11.7 Å². The van der Waals surface area contributed by atoms with Gasteiger partial charge in [0, 0.05) is 50.7 Å². The van der Waals surface area contributed by atoms with Crippen LogP contribution in [0.4, 0.5) is 10.1 Å². The van der Waals surface area contributed by atoms with Crippen LogP contribution in [0.2, 0.25) is 0 Å². The van der Waals surface area contributed by atoms with Gasteiger partial charge in [-0.05, 0) is 43.2 Å². The van der Waals surface area contributed by atoms with E-state index in [2.05, 4.69) is 0 Å². The Kier molecular flexibility index (Phi) is 7.01. The van der Waals surface area contributed by atoms with Gasteiger partial charge in [0.15, 0.2) is 11.5 Å². The molecule has 0 spiro atoms. The number of carbonyl (C=O) groups excluding carboxylic acids is 2. The predicted octanol–water partition coefficient (Wildman–Crippen LogP) is 3.04. The van der Waals surface area contributed by atoms with Crippen LogP contribution in [-0.2, 0) is 4.79 Å². The summed E-state index contributed by atoms with van der Waals surface area (Å²) in [5, 5.41) is 0. The second-order valence-electron chi connectivity index (χ2n) is 8.40. The summed E-state index contributed by atoms with van der Waals surface area (Å²) in [6.07, 6.45) is 1.29. The normalized spacial score (nSPS) is 17.1. The van der Waals surface area contributed by atoms with Gasteiger partial charge in [-0.25, -0.2) is 4.39 Å². The molecule has 2 fully saturated rings. The van der Waals surface area contributed by atoms with Crippen molar-refractivity contribution in [3.05, 3.63) is 53.8 Å². The molecule has 0 bridgehead atoms. The average Bonchev–Trinajstić information content (AvgIpc) is 2.88. The number of benzene rings is 2. The number of halogens is 1. The molecule has 2 aliphatic heterocycles. The topological polar surface area (TPSA) is 62.3 Å². The molecule has 0 aliphatic carbocycles. The van der Waals surface area contributed by atoms with Gasteiger partial charge in [0.1, 0.15) is 5.82 Å². The highest BCUT2D eigenvalue weighted by Crippen LogP contribution is 2.29. The van der Waals surface area contributed by atoms with E-state index in [9.17, 15) is 14.0 Å². The van der Waals surface area contributed by atoms with E-state index in [1.165, 1.54) is 6.07 Å². The third-order valence-corrected chi connectivity index (χ3v) is 6.55. The number of carbonyl (C=O) groups is 2. The third kappa shape index (κ3) is 4.89. The molecule has 4 rings (SSSR count). The molecule has 8 heteroatoms. The molecule has 0 radical (unpaired) electrons. The number of piperidine rings is 1. The molecule has 2 aliphatic rings. The maximum absolute atomic E-state index is 14.1. The molecule has 7 nitrogen and oxygen atoms in total. The van der Waals surface area contributed by atoms with Gasteiger partial charge in [-0.3, -0.25) is 9.59 Å². The SMILES string of the molecule is COc1ccc(C(=O)N2CCC(C(=O)N3CCN(c4ccccc4F)CC3)CC2)cc1OC. The molecule has 0 N–H and O–H groups in total. The number of anilines is 1. The molecule has 2 aromatic carbocycles. The highest BCUT2D eigenvalue weighted by molar-refractivity contribution is 5.95. The number of nitrogens with zero attached hydrogens (tertiary/aromatic N) is 3. The Labute approximate surface area is 193 Å². The van der Waals surface area contributed by atoms with E-state index in [4.69, 9.17) is 9.47 Å². The number of amides is 2. The van der Waals surface area contributed by atoms with Crippen LogP contribution in [0.3, 0.4) is 0 Å². The van der Waals surface area contributed by atoms with E-state index in [0.717, 1.165) is 0 Å². The van der Waals surface area contributed by atoms with Gasteiger partial charge in [0.05, 0.1) is 19.9 Å².